The van der Waals surface area contributed by atoms with Crippen LogP contribution in [0.1, 0.15) is 10.4 Å². The third-order valence-corrected chi connectivity index (χ3v) is 6.42. The molecular formula is C19H16N2O3S2. The lowest BCUT2D eigenvalue weighted by Crippen LogP contribution is -2.30. The molecule has 0 aliphatic rings. The van der Waals surface area contributed by atoms with E-state index in [9.17, 15) is 8.42 Å². The fourth-order valence-electron chi connectivity index (χ4n) is 2.46. The van der Waals surface area contributed by atoms with E-state index in [0.717, 1.165) is 4.88 Å². The molecule has 0 N–H and O–H groups in total. The van der Waals surface area contributed by atoms with Gasteiger partial charge in [0.25, 0.3) is 10.0 Å². The number of rotatable bonds is 6. The molecule has 0 unspecified atom stereocenters. The van der Waals surface area contributed by atoms with Crippen molar-refractivity contribution >= 4 is 27.0 Å². The predicted octanol–water partition coefficient (Wildman–Crippen LogP) is 4.02. The van der Waals surface area contributed by atoms with Gasteiger partial charge < -0.3 is 4.74 Å². The molecule has 7 heteroatoms. The minimum atomic E-state index is -3.83. The van der Waals surface area contributed by atoms with Crippen molar-refractivity contribution in [2.75, 3.05) is 11.4 Å². The number of sulfonamides is 1. The van der Waals surface area contributed by atoms with Crippen LogP contribution in [0.15, 0.2) is 70.9 Å². The van der Waals surface area contributed by atoms with Gasteiger partial charge in [-0.1, -0.05) is 12.1 Å². The zero-order valence-electron chi connectivity index (χ0n) is 14.0. The highest BCUT2D eigenvalue weighted by Gasteiger charge is 2.26. The van der Waals surface area contributed by atoms with Crippen molar-refractivity contribution in [3.8, 4) is 11.8 Å². The second kappa shape index (κ2) is 7.60. The first kappa shape index (κ1) is 18.0. The average Bonchev–Trinajstić information content (AvgIpc) is 3.19. The van der Waals surface area contributed by atoms with E-state index >= 15 is 0 Å². The van der Waals surface area contributed by atoms with Gasteiger partial charge in [-0.25, -0.2) is 8.42 Å². The van der Waals surface area contributed by atoms with Gasteiger partial charge in [-0.15, -0.1) is 11.3 Å². The number of benzene rings is 2. The average molecular weight is 384 g/mol. The van der Waals surface area contributed by atoms with Crippen molar-refractivity contribution in [2.45, 2.75) is 11.4 Å². The Hall–Kier alpha value is -2.82. The number of hydrogen-bond donors (Lipinski definition) is 0. The first-order valence-electron chi connectivity index (χ1n) is 7.74. The molecule has 26 heavy (non-hydrogen) atoms. The molecule has 0 fully saturated rings. The van der Waals surface area contributed by atoms with Gasteiger partial charge in [0.1, 0.15) is 5.75 Å². The lowest BCUT2D eigenvalue weighted by Gasteiger charge is -2.24. The zero-order valence-corrected chi connectivity index (χ0v) is 15.6. The van der Waals surface area contributed by atoms with Crippen molar-refractivity contribution in [1.29, 1.82) is 5.26 Å². The van der Waals surface area contributed by atoms with E-state index in [0.29, 0.717) is 17.0 Å². The summed E-state index contributed by atoms with van der Waals surface area (Å²) in [5.41, 5.74) is 0.832. The third kappa shape index (κ3) is 3.72. The molecule has 0 saturated carbocycles. The van der Waals surface area contributed by atoms with E-state index in [4.69, 9.17) is 10.00 Å². The molecule has 0 aliphatic heterocycles. The number of anilines is 1. The summed E-state index contributed by atoms with van der Waals surface area (Å²) < 4.78 is 33.0. The van der Waals surface area contributed by atoms with E-state index < -0.39 is 10.0 Å². The van der Waals surface area contributed by atoms with Crippen LogP contribution < -0.4 is 9.04 Å². The maximum absolute atomic E-state index is 13.3. The number of hydrogen-bond acceptors (Lipinski definition) is 5. The predicted molar refractivity (Wildman–Crippen MR) is 102 cm³/mol. The summed E-state index contributed by atoms with van der Waals surface area (Å²) in [6, 6.07) is 18.7. The van der Waals surface area contributed by atoms with Crippen molar-refractivity contribution in [2.24, 2.45) is 0 Å². The van der Waals surface area contributed by atoms with Crippen LogP contribution >= 0.6 is 11.3 Å². The number of ether oxygens (including phenoxy) is 1. The summed E-state index contributed by atoms with van der Waals surface area (Å²) in [5, 5.41) is 11.0. The Bertz CT molecular complexity index is 1020. The molecule has 0 aliphatic carbocycles. The molecule has 1 heterocycles. The Morgan fingerprint density at radius 3 is 2.50 bits per heavy atom. The van der Waals surface area contributed by atoms with Crippen LogP contribution in [0.2, 0.25) is 0 Å². The molecule has 0 saturated heterocycles. The fraction of sp³-hybridized carbons (Fsp3) is 0.105. The molecule has 0 radical (unpaired) electrons. The molecule has 3 aromatic rings. The van der Waals surface area contributed by atoms with E-state index in [2.05, 4.69) is 0 Å². The van der Waals surface area contributed by atoms with Gasteiger partial charge in [-0.2, -0.15) is 5.26 Å². The highest BCUT2D eigenvalue weighted by molar-refractivity contribution is 7.92. The Kier molecular flexibility index (Phi) is 5.26. The van der Waals surface area contributed by atoms with E-state index in [1.807, 2.05) is 23.6 Å². The normalized spacial score (nSPS) is 10.9. The molecule has 132 valence electrons. The van der Waals surface area contributed by atoms with Gasteiger partial charge in [-0.05, 0) is 53.9 Å². The largest absolute Gasteiger partial charge is 0.497 e. The molecule has 3 rings (SSSR count). The highest BCUT2D eigenvalue weighted by Crippen LogP contribution is 2.29. The lowest BCUT2D eigenvalue weighted by atomic mass is 10.2. The van der Waals surface area contributed by atoms with Crippen molar-refractivity contribution in [1.82, 2.24) is 0 Å². The fourth-order valence-corrected chi connectivity index (χ4v) is 4.72. The summed E-state index contributed by atoms with van der Waals surface area (Å²) in [6.45, 7) is 0.211. The summed E-state index contributed by atoms with van der Waals surface area (Å²) in [6.07, 6.45) is 0. The van der Waals surface area contributed by atoms with Crippen LogP contribution in [0, 0.1) is 11.3 Å². The van der Waals surface area contributed by atoms with E-state index in [-0.39, 0.29) is 11.4 Å². The number of thiophene rings is 1. The minimum absolute atomic E-state index is 0.0870. The Balaban J connectivity index is 2.07. The Labute approximate surface area is 156 Å². The molecule has 0 atom stereocenters. The number of nitrogens with zero attached hydrogens (tertiary/aromatic N) is 2. The third-order valence-electron chi connectivity index (χ3n) is 3.79. The van der Waals surface area contributed by atoms with Gasteiger partial charge in [0.05, 0.1) is 35.9 Å². The standard InChI is InChI=1S/C19H16N2O3S2/c1-24-17-9-7-16(8-10-17)21(14-18-5-3-11-25-18)26(22,23)19-6-2-4-15(12-19)13-20/h2-12H,14H2,1H3. The van der Waals surface area contributed by atoms with Gasteiger partial charge in [0.2, 0.25) is 0 Å². The topological polar surface area (TPSA) is 70.4 Å². The summed E-state index contributed by atoms with van der Waals surface area (Å²) >= 11 is 1.49. The van der Waals surface area contributed by atoms with Crippen LogP contribution in [0.3, 0.4) is 0 Å². The molecular weight excluding hydrogens is 368 g/mol. The molecule has 1 aromatic heterocycles. The van der Waals surface area contributed by atoms with Crippen LogP contribution in [0.5, 0.6) is 5.75 Å². The van der Waals surface area contributed by atoms with Gasteiger partial charge >= 0.3 is 0 Å². The van der Waals surface area contributed by atoms with Crippen molar-refractivity contribution in [3.05, 3.63) is 76.5 Å². The number of methoxy groups -OCH3 is 1. The Morgan fingerprint density at radius 2 is 1.88 bits per heavy atom. The van der Waals surface area contributed by atoms with Crippen LogP contribution in [0.4, 0.5) is 5.69 Å². The molecule has 2 aromatic carbocycles. The van der Waals surface area contributed by atoms with Crippen molar-refractivity contribution < 1.29 is 13.2 Å². The monoisotopic (exact) mass is 384 g/mol. The smallest absolute Gasteiger partial charge is 0.264 e. The molecule has 0 spiro atoms. The SMILES string of the molecule is COc1ccc(N(Cc2cccs2)S(=O)(=O)c2cccc(C#N)c2)cc1. The first-order chi connectivity index (χ1) is 12.5. The number of nitriles is 1. The summed E-state index contributed by atoms with van der Waals surface area (Å²) in [4.78, 5) is 1.00. The van der Waals surface area contributed by atoms with Crippen LogP contribution in [-0.2, 0) is 16.6 Å². The molecule has 5 nitrogen and oxygen atoms in total. The maximum Gasteiger partial charge on any atom is 0.264 e. The van der Waals surface area contributed by atoms with Crippen LogP contribution in [0.25, 0.3) is 0 Å². The lowest BCUT2D eigenvalue weighted by molar-refractivity contribution is 0.415. The van der Waals surface area contributed by atoms with E-state index in [1.54, 1.807) is 43.5 Å². The quantitative estimate of drug-likeness (QED) is 0.643. The highest BCUT2D eigenvalue weighted by atomic mass is 32.2. The maximum atomic E-state index is 13.3. The summed E-state index contributed by atoms with van der Waals surface area (Å²) in [5.74, 6) is 0.647. The van der Waals surface area contributed by atoms with E-state index in [1.165, 1.54) is 27.8 Å². The molecule has 0 amide bonds. The van der Waals surface area contributed by atoms with Gasteiger partial charge in [0, 0.05) is 4.88 Å². The van der Waals surface area contributed by atoms with Gasteiger partial charge in [0.15, 0.2) is 0 Å². The second-order valence-electron chi connectivity index (χ2n) is 5.43. The van der Waals surface area contributed by atoms with Crippen molar-refractivity contribution in [3.63, 3.8) is 0 Å². The van der Waals surface area contributed by atoms with Crippen LogP contribution in [-0.4, -0.2) is 15.5 Å². The van der Waals surface area contributed by atoms with Gasteiger partial charge in [-0.3, -0.25) is 4.31 Å². The Morgan fingerprint density at radius 1 is 1.12 bits per heavy atom. The molecule has 0 bridgehead atoms. The first-order valence-corrected chi connectivity index (χ1v) is 10.1. The zero-order chi connectivity index (χ0) is 18.6. The summed E-state index contributed by atoms with van der Waals surface area (Å²) in [7, 11) is -2.28. The minimum Gasteiger partial charge on any atom is -0.497 e. The second-order valence-corrected chi connectivity index (χ2v) is 8.32.